The maximum Gasteiger partial charge on any atom is 0.160 e. The molecule has 3 heteroatoms. The third kappa shape index (κ3) is 4.53. The summed E-state index contributed by atoms with van der Waals surface area (Å²) in [6, 6.07) is 71.3. The van der Waals surface area contributed by atoms with E-state index in [4.69, 9.17) is 9.97 Å². The summed E-state index contributed by atoms with van der Waals surface area (Å²) in [6.07, 6.45) is 0. The molecule has 244 valence electrons. The van der Waals surface area contributed by atoms with Gasteiger partial charge in [0.1, 0.15) is 0 Å². The summed E-state index contributed by atoms with van der Waals surface area (Å²) in [5.74, 6) is 0.703. The molecule has 0 radical (unpaired) electrons. The van der Waals surface area contributed by atoms with Gasteiger partial charge >= 0.3 is 0 Å². The van der Waals surface area contributed by atoms with Crippen LogP contribution in [0.1, 0.15) is 22.3 Å². The van der Waals surface area contributed by atoms with Crippen LogP contribution in [0.5, 0.6) is 0 Å². The standard InChI is InChI=1S/C49H33N3/c1-6-19-34(20-7-1)42-33-43(35-21-8-2-9-22-35)51-48(50-42)41-31-18-30-40-45(41)49(36-23-10-3-11-24-36,37-25-12-4-13-26-37)46-39-29-16-17-32-44(39)52(47(40)46)38-27-14-5-15-28-38/h1-33H. The van der Waals surface area contributed by atoms with Crippen LogP contribution in [0.25, 0.3) is 61.8 Å². The Bertz CT molecular complexity index is 2600. The molecule has 3 nitrogen and oxygen atoms in total. The van der Waals surface area contributed by atoms with E-state index in [0.717, 1.165) is 33.8 Å². The average Bonchev–Trinajstić information content (AvgIpc) is 3.74. The highest BCUT2D eigenvalue weighted by molar-refractivity contribution is 6.03. The van der Waals surface area contributed by atoms with Crippen LogP contribution in [0.3, 0.4) is 0 Å². The lowest BCUT2D eigenvalue weighted by Gasteiger charge is -2.35. The van der Waals surface area contributed by atoms with Gasteiger partial charge in [0.05, 0.1) is 28.0 Å². The molecule has 2 aromatic heterocycles. The maximum atomic E-state index is 5.40. The molecule has 1 aliphatic carbocycles. The second-order valence-corrected chi connectivity index (χ2v) is 13.3. The highest BCUT2D eigenvalue weighted by Crippen LogP contribution is 2.61. The molecule has 1 aliphatic rings. The van der Waals surface area contributed by atoms with Crippen LogP contribution < -0.4 is 0 Å². The summed E-state index contributed by atoms with van der Waals surface area (Å²) in [5.41, 5.74) is 13.8. The highest BCUT2D eigenvalue weighted by atomic mass is 15.0. The molecule has 0 unspecified atom stereocenters. The fraction of sp³-hybridized carbons (Fsp3) is 0.0204. The van der Waals surface area contributed by atoms with Crippen LogP contribution >= 0.6 is 0 Å². The molecule has 2 heterocycles. The van der Waals surface area contributed by atoms with Crippen molar-refractivity contribution in [3.63, 3.8) is 0 Å². The summed E-state index contributed by atoms with van der Waals surface area (Å²) in [7, 11) is 0. The molecular weight excluding hydrogens is 631 g/mol. The van der Waals surface area contributed by atoms with Crippen molar-refractivity contribution in [2.75, 3.05) is 0 Å². The van der Waals surface area contributed by atoms with E-state index in [9.17, 15) is 0 Å². The van der Waals surface area contributed by atoms with E-state index in [-0.39, 0.29) is 0 Å². The van der Waals surface area contributed by atoms with Crippen LogP contribution in [0.4, 0.5) is 0 Å². The number of para-hydroxylation sites is 2. The minimum absolute atomic E-state index is 0.678. The summed E-state index contributed by atoms with van der Waals surface area (Å²) < 4.78 is 2.46. The predicted octanol–water partition coefficient (Wildman–Crippen LogP) is 11.8. The number of hydrogen-bond acceptors (Lipinski definition) is 2. The quantitative estimate of drug-likeness (QED) is 0.177. The highest BCUT2D eigenvalue weighted by Gasteiger charge is 2.51. The van der Waals surface area contributed by atoms with Gasteiger partial charge in [-0.1, -0.05) is 176 Å². The van der Waals surface area contributed by atoms with Crippen LogP contribution in [0.2, 0.25) is 0 Å². The molecule has 9 aromatic rings. The van der Waals surface area contributed by atoms with Gasteiger partial charge in [-0.15, -0.1) is 0 Å². The number of benzene rings is 7. The first kappa shape index (κ1) is 30.0. The largest absolute Gasteiger partial charge is 0.309 e. The van der Waals surface area contributed by atoms with E-state index < -0.39 is 5.41 Å². The van der Waals surface area contributed by atoms with Gasteiger partial charge in [-0.2, -0.15) is 0 Å². The molecule has 52 heavy (non-hydrogen) atoms. The summed E-state index contributed by atoms with van der Waals surface area (Å²) >= 11 is 0. The van der Waals surface area contributed by atoms with E-state index in [1.54, 1.807) is 0 Å². The van der Waals surface area contributed by atoms with Crippen molar-refractivity contribution >= 4 is 10.9 Å². The predicted molar refractivity (Wildman–Crippen MR) is 212 cm³/mol. The van der Waals surface area contributed by atoms with Crippen molar-refractivity contribution in [1.82, 2.24) is 14.5 Å². The fourth-order valence-corrected chi connectivity index (χ4v) is 8.39. The second kappa shape index (κ2) is 12.2. The molecule has 0 fully saturated rings. The topological polar surface area (TPSA) is 30.7 Å². The number of rotatable bonds is 6. The molecule has 0 amide bonds. The van der Waals surface area contributed by atoms with Crippen molar-refractivity contribution in [3.8, 4) is 50.8 Å². The number of fused-ring (bicyclic) bond motifs is 5. The van der Waals surface area contributed by atoms with E-state index in [2.05, 4.69) is 193 Å². The van der Waals surface area contributed by atoms with Crippen LogP contribution in [0.15, 0.2) is 200 Å². The number of aromatic nitrogens is 3. The zero-order chi connectivity index (χ0) is 34.5. The molecule has 10 rings (SSSR count). The Kier molecular flexibility index (Phi) is 7.04. The first-order chi connectivity index (χ1) is 25.8. The van der Waals surface area contributed by atoms with Gasteiger partial charge in [0.2, 0.25) is 0 Å². The third-order valence-corrected chi connectivity index (χ3v) is 10.5. The first-order valence-electron chi connectivity index (χ1n) is 17.8. The smallest absolute Gasteiger partial charge is 0.160 e. The van der Waals surface area contributed by atoms with Gasteiger partial charge in [0.15, 0.2) is 5.82 Å². The van der Waals surface area contributed by atoms with Gasteiger partial charge in [-0.25, -0.2) is 9.97 Å². The second-order valence-electron chi connectivity index (χ2n) is 13.3. The fourth-order valence-electron chi connectivity index (χ4n) is 8.39. The molecule has 0 atom stereocenters. The third-order valence-electron chi connectivity index (χ3n) is 10.5. The van der Waals surface area contributed by atoms with Crippen molar-refractivity contribution in [3.05, 3.63) is 222 Å². The SMILES string of the molecule is c1ccc(-c2cc(-c3ccccc3)nc(-c3cccc4c3C(c3ccccc3)(c3ccccc3)c3c-4n(-c4ccccc4)c4ccccc34)n2)cc1. The van der Waals surface area contributed by atoms with Gasteiger partial charge in [0.25, 0.3) is 0 Å². The lowest BCUT2D eigenvalue weighted by atomic mass is 9.66. The normalized spacial score (nSPS) is 12.8. The van der Waals surface area contributed by atoms with Crippen LogP contribution in [-0.4, -0.2) is 14.5 Å². The Labute approximate surface area is 303 Å². The Balaban J connectivity index is 1.38. The van der Waals surface area contributed by atoms with Gasteiger partial charge in [-0.3, -0.25) is 0 Å². The number of nitrogens with zero attached hydrogens (tertiary/aromatic N) is 3. The molecule has 0 saturated heterocycles. The zero-order valence-corrected chi connectivity index (χ0v) is 28.4. The van der Waals surface area contributed by atoms with Gasteiger partial charge < -0.3 is 4.57 Å². The molecule has 0 spiro atoms. The molecule has 0 bridgehead atoms. The summed E-state index contributed by atoms with van der Waals surface area (Å²) in [6.45, 7) is 0. The van der Waals surface area contributed by atoms with Crippen LogP contribution in [-0.2, 0) is 5.41 Å². The van der Waals surface area contributed by atoms with Crippen LogP contribution in [0, 0.1) is 0 Å². The van der Waals surface area contributed by atoms with E-state index in [1.807, 2.05) is 12.1 Å². The van der Waals surface area contributed by atoms with Crippen molar-refractivity contribution in [2.45, 2.75) is 5.41 Å². The van der Waals surface area contributed by atoms with E-state index >= 15 is 0 Å². The Morgan fingerprint density at radius 3 is 1.46 bits per heavy atom. The van der Waals surface area contributed by atoms with Crippen molar-refractivity contribution in [2.24, 2.45) is 0 Å². The zero-order valence-electron chi connectivity index (χ0n) is 28.4. The average molecular weight is 664 g/mol. The minimum Gasteiger partial charge on any atom is -0.309 e. The lowest BCUT2D eigenvalue weighted by Crippen LogP contribution is -2.29. The molecular formula is C49H33N3. The molecule has 0 aliphatic heterocycles. The summed E-state index contributed by atoms with van der Waals surface area (Å²) in [5, 5.41) is 1.22. The van der Waals surface area contributed by atoms with Gasteiger partial charge in [-0.05, 0) is 41.0 Å². The monoisotopic (exact) mass is 663 g/mol. The Morgan fingerprint density at radius 2 is 0.885 bits per heavy atom. The maximum absolute atomic E-state index is 5.40. The van der Waals surface area contributed by atoms with Crippen molar-refractivity contribution < 1.29 is 0 Å². The molecule has 0 N–H and O–H groups in total. The van der Waals surface area contributed by atoms with Gasteiger partial charge in [0, 0.05) is 38.9 Å². The lowest BCUT2D eigenvalue weighted by molar-refractivity contribution is 0.776. The first-order valence-corrected chi connectivity index (χ1v) is 17.8. The molecule has 0 saturated carbocycles. The van der Waals surface area contributed by atoms with Crippen molar-refractivity contribution in [1.29, 1.82) is 0 Å². The minimum atomic E-state index is -0.678. The summed E-state index contributed by atoms with van der Waals surface area (Å²) in [4.78, 5) is 10.8. The Hall–Kier alpha value is -6.84. The van der Waals surface area contributed by atoms with E-state index in [0.29, 0.717) is 5.82 Å². The number of hydrogen-bond donors (Lipinski definition) is 0. The Morgan fingerprint density at radius 1 is 0.404 bits per heavy atom. The van der Waals surface area contributed by atoms with E-state index in [1.165, 1.54) is 44.4 Å². The molecule has 7 aromatic carbocycles.